The Morgan fingerprint density at radius 2 is 2.33 bits per heavy atom. The van der Waals surface area contributed by atoms with Crippen LogP contribution in [0.4, 0.5) is 0 Å². The number of nitrogens with zero attached hydrogens (tertiary/aromatic N) is 3. The van der Waals surface area contributed by atoms with Crippen molar-refractivity contribution in [2.45, 2.75) is 26.3 Å². The van der Waals surface area contributed by atoms with Crippen LogP contribution >= 0.6 is 0 Å². The van der Waals surface area contributed by atoms with Crippen molar-refractivity contribution in [3.63, 3.8) is 0 Å². The number of aryl methyl sites for hydroxylation is 2. The molecular formula is C8H14N4. The second kappa shape index (κ2) is 2.86. The lowest BCUT2D eigenvalue weighted by molar-refractivity contribution is 0.475. The van der Waals surface area contributed by atoms with E-state index in [9.17, 15) is 0 Å². The van der Waals surface area contributed by atoms with E-state index >= 15 is 0 Å². The van der Waals surface area contributed by atoms with Gasteiger partial charge in [0.2, 0.25) is 0 Å². The molecule has 0 radical (unpaired) electrons. The molecule has 0 saturated carbocycles. The molecule has 66 valence electrons. The molecule has 4 heteroatoms. The summed E-state index contributed by atoms with van der Waals surface area (Å²) in [6.07, 6.45) is 1.17. The van der Waals surface area contributed by atoms with E-state index in [1.54, 1.807) is 0 Å². The first-order valence-electron chi connectivity index (χ1n) is 4.38. The van der Waals surface area contributed by atoms with Gasteiger partial charge in [-0.15, -0.1) is 0 Å². The molecular weight excluding hydrogens is 152 g/mol. The van der Waals surface area contributed by atoms with Gasteiger partial charge in [-0.1, -0.05) is 0 Å². The SMILES string of the molecule is Cc1nc(C)n(C2CCNC2)n1. The smallest absolute Gasteiger partial charge is 0.147 e. The molecule has 1 aromatic heterocycles. The summed E-state index contributed by atoms with van der Waals surface area (Å²) < 4.78 is 2.04. The number of rotatable bonds is 1. The zero-order valence-electron chi connectivity index (χ0n) is 7.54. The lowest BCUT2D eigenvalue weighted by Crippen LogP contribution is -2.15. The van der Waals surface area contributed by atoms with Crippen LogP contribution < -0.4 is 5.32 Å². The maximum absolute atomic E-state index is 4.36. The molecule has 0 aromatic carbocycles. The van der Waals surface area contributed by atoms with Gasteiger partial charge in [-0.3, -0.25) is 0 Å². The summed E-state index contributed by atoms with van der Waals surface area (Å²) in [6.45, 7) is 6.08. The molecule has 0 spiro atoms. The summed E-state index contributed by atoms with van der Waals surface area (Å²) in [4.78, 5) is 4.28. The van der Waals surface area contributed by atoms with Gasteiger partial charge in [-0.2, -0.15) is 5.10 Å². The van der Waals surface area contributed by atoms with Gasteiger partial charge >= 0.3 is 0 Å². The molecule has 1 aromatic rings. The van der Waals surface area contributed by atoms with E-state index in [1.807, 2.05) is 18.5 Å². The normalized spacial score (nSPS) is 23.3. The predicted octanol–water partition coefficient (Wildman–Crippen LogP) is 0.429. The van der Waals surface area contributed by atoms with E-state index in [2.05, 4.69) is 15.4 Å². The molecule has 1 fully saturated rings. The maximum atomic E-state index is 4.36. The van der Waals surface area contributed by atoms with Gasteiger partial charge < -0.3 is 5.32 Å². The summed E-state index contributed by atoms with van der Waals surface area (Å²) in [5.41, 5.74) is 0. The highest BCUT2D eigenvalue weighted by Crippen LogP contribution is 2.15. The van der Waals surface area contributed by atoms with Crippen LogP contribution in [0.1, 0.15) is 24.1 Å². The molecule has 2 rings (SSSR count). The van der Waals surface area contributed by atoms with Crippen LogP contribution in [0.5, 0.6) is 0 Å². The summed E-state index contributed by atoms with van der Waals surface area (Å²) in [5, 5.41) is 7.68. The van der Waals surface area contributed by atoms with Crippen molar-refractivity contribution in [2.75, 3.05) is 13.1 Å². The third kappa shape index (κ3) is 1.22. The highest BCUT2D eigenvalue weighted by atomic mass is 15.4. The molecule has 2 heterocycles. The van der Waals surface area contributed by atoms with Crippen LogP contribution in [-0.4, -0.2) is 27.9 Å². The monoisotopic (exact) mass is 166 g/mol. The quantitative estimate of drug-likeness (QED) is 0.658. The highest BCUT2D eigenvalue weighted by molar-refractivity contribution is 4.92. The van der Waals surface area contributed by atoms with Crippen molar-refractivity contribution in [3.05, 3.63) is 11.6 Å². The van der Waals surface area contributed by atoms with Crippen LogP contribution in [0.25, 0.3) is 0 Å². The second-order valence-electron chi connectivity index (χ2n) is 3.30. The first kappa shape index (κ1) is 7.73. The fourth-order valence-electron chi connectivity index (χ4n) is 1.73. The molecule has 0 amide bonds. The Balaban J connectivity index is 2.25. The average Bonchev–Trinajstić information content (AvgIpc) is 2.58. The van der Waals surface area contributed by atoms with Crippen molar-refractivity contribution in [1.29, 1.82) is 0 Å². The maximum Gasteiger partial charge on any atom is 0.147 e. The van der Waals surface area contributed by atoms with E-state index in [-0.39, 0.29) is 0 Å². The first-order chi connectivity index (χ1) is 5.77. The summed E-state index contributed by atoms with van der Waals surface area (Å²) in [7, 11) is 0. The molecule has 1 atom stereocenters. The third-order valence-corrected chi connectivity index (χ3v) is 2.29. The Labute approximate surface area is 72.0 Å². The molecule has 0 bridgehead atoms. The standard InChI is InChI=1S/C8H14N4/c1-6-10-7(2)12(11-6)8-3-4-9-5-8/h8-9H,3-5H2,1-2H3. The highest BCUT2D eigenvalue weighted by Gasteiger charge is 2.19. The number of hydrogen-bond acceptors (Lipinski definition) is 3. The Bertz CT molecular complexity index is 273. The molecule has 12 heavy (non-hydrogen) atoms. The summed E-state index contributed by atoms with van der Waals surface area (Å²) in [5.74, 6) is 1.90. The number of aromatic nitrogens is 3. The van der Waals surface area contributed by atoms with Gasteiger partial charge in [0.1, 0.15) is 11.6 Å². The zero-order valence-corrected chi connectivity index (χ0v) is 7.54. The Morgan fingerprint density at radius 3 is 2.83 bits per heavy atom. The van der Waals surface area contributed by atoms with E-state index in [4.69, 9.17) is 0 Å². The van der Waals surface area contributed by atoms with Crippen molar-refractivity contribution in [1.82, 2.24) is 20.1 Å². The van der Waals surface area contributed by atoms with E-state index in [0.29, 0.717) is 6.04 Å². The third-order valence-electron chi connectivity index (χ3n) is 2.29. The van der Waals surface area contributed by atoms with E-state index in [0.717, 1.165) is 24.7 Å². The largest absolute Gasteiger partial charge is 0.315 e. The van der Waals surface area contributed by atoms with Gasteiger partial charge in [0, 0.05) is 6.54 Å². The molecule has 0 aliphatic carbocycles. The van der Waals surface area contributed by atoms with Crippen LogP contribution in [-0.2, 0) is 0 Å². The van der Waals surface area contributed by atoms with Gasteiger partial charge in [-0.25, -0.2) is 9.67 Å². The lowest BCUT2D eigenvalue weighted by atomic mass is 10.3. The summed E-state index contributed by atoms with van der Waals surface area (Å²) in [6, 6.07) is 0.520. The van der Waals surface area contributed by atoms with Crippen molar-refractivity contribution < 1.29 is 0 Å². The Hall–Kier alpha value is -0.900. The minimum absolute atomic E-state index is 0.520. The van der Waals surface area contributed by atoms with Gasteiger partial charge in [0.15, 0.2) is 0 Å². The van der Waals surface area contributed by atoms with E-state index in [1.165, 1.54) is 6.42 Å². The topological polar surface area (TPSA) is 42.7 Å². The van der Waals surface area contributed by atoms with Gasteiger partial charge in [0.25, 0.3) is 0 Å². The fourth-order valence-corrected chi connectivity index (χ4v) is 1.73. The number of hydrogen-bond donors (Lipinski definition) is 1. The van der Waals surface area contributed by atoms with Crippen LogP contribution in [0.3, 0.4) is 0 Å². The first-order valence-corrected chi connectivity index (χ1v) is 4.38. The van der Waals surface area contributed by atoms with Crippen molar-refractivity contribution in [3.8, 4) is 0 Å². The summed E-state index contributed by atoms with van der Waals surface area (Å²) >= 11 is 0. The van der Waals surface area contributed by atoms with Gasteiger partial charge in [0.05, 0.1) is 6.04 Å². The minimum atomic E-state index is 0.520. The van der Waals surface area contributed by atoms with Crippen LogP contribution in [0, 0.1) is 13.8 Å². The molecule has 1 unspecified atom stereocenters. The molecule has 1 saturated heterocycles. The van der Waals surface area contributed by atoms with Crippen LogP contribution in [0.15, 0.2) is 0 Å². The second-order valence-corrected chi connectivity index (χ2v) is 3.30. The minimum Gasteiger partial charge on any atom is -0.315 e. The number of nitrogens with one attached hydrogen (secondary N) is 1. The van der Waals surface area contributed by atoms with Gasteiger partial charge in [-0.05, 0) is 26.8 Å². The van der Waals surface area contributed by atoms with Crippen LogP contribution in [0.2, 0.25) is 0 Å². The van der Waals surface area contributed by atoms with E-state index < -0.39 is 0 Å². The Morgan fingerprint density at radius 1 is 1.50 bits per heavy atom. The van der Waals surface area contributed by atoms with Crippen molar-refractivity contribution in [2.24, 2.45) is 0 Å². The zero-order chi connectivity index (χ0) is 8.55. The fraction of sp³-hybridized carbons (Fsp3) is 0.750. The molecule has 1 aliphatic heterocycles. The predicted molar refractivity (Wildman–Crippen MR) is 46.0 cm³/mol. The Kier molecular flexibility index (Phi) is 1.84. The average molecular weight is 166 g/mol. The molecule has 4 nitrogen and oxygen atoms in total. The lowest BCUT2D eigenvalue weighted by Gasteiger charge is -2.09. The molecule has 1 N–H and O–H groups in total. The van der Waals surface area contributed by atoms with Crippen molar-refractivity contribution >= 4 is 0 Å². The molecule has 1 aliphatic rings.